The fourth-order valence-corrected chi connectivity index (χ4v) is 3.48. The highest BCUT2D eigenvalue weighted by Gasteiger charge is 2.24. The average Bonchev–Trinajstić information content (AvgIpc) is 2.83. The summed E-state index contributed by atoms with van der Waals surface area (Å²) in [7, 11) is 0. The Bertz CT molecular complexity index is 1130. The number of rotatable bonds is 1. The number of aromatic nitrogens is 2. The second-order valence-electron chi connectivity index (χ2n) is 5.63. The van der Waals surface area contributed by atoms with Crippen LogP contribution in [0.4, 0.5) is 15.9 Å². The summed E-state index contributed by atoms with van der Waals surface area (Å²) in [5, 5.41) is -0.0222. The predicted octanol–water partition coefficient (Wildman–Crippen LogP) is 3.76. The molecule has 2 aromatic carbocycles. The molecule has 0 bridgehead atoms. The van der Waals surface area contributed by atoms with E-state index >= 15 is 0 Å². The molecule has 25 heavy (non-hydrogen) atoms. The van der Waals surface area contributed by atoms with Crippen LogP contribution in [0.1, 0.15) is 10.5 Å². The fourth-order valence-electron chi connectivity index (χ4n) is 3.01. The van der Waals surface area contributed by atoms with Gasteiger partial charge in [0.15, 0.2) is 11.6 Å². The number of anilines is 2. The van der Waals surface area contributed by atoms with Crippen molar-refractivity contribution in [2.45, 2.75) is 6.42 Å². The molecule has 0 saturated carbocycles. The average molecular weight is 407 g/mol. The predicted molar refractivity (Wildman–Crippen MR) is 98.2 cm³/mol. The Kier molecular flexibility index (Phi) is 3.17. The number of fused-ring (bicyclic) bond motifs is 2. The molecular formula is C18H15BrFN3O2. The number of aryl methyl sites for hydroxylation is 1. The third kappa shape index (κ3) is 2.59. The second-order valence-corrected chi connectivity index (χ2v) is 6.48. The van der Waals surface area contributed by atoms with Crippen molar-refractivity contribution < 1.29 is 13.2 Å². The summed E-state index contributed by atoms with van der Waals surface area (Å²) in [6, 6.07) is 9.41. The van der Waals surface area contributed by atoms with Crippen molar-refractivity contribution in [1.29, 1.82) is 0 Å². The Hall–Kier alpha value is -2.41. The monoisotopic (exact) mass is 406 g/mol. The SMILES string of the molecule is [2H]C([2H])([2H])n1c(=O)nc(N2CCCOc3c(Br)cccc32)c2c(F)cccc21. The molecule has 1 aliphatic rings. The molecule has 3 aromatic rings. The molecule has 0 amide bonds. The van der Waals surface area contributed by atoms with Crippen molar-refractivity contribution in [3.63, 3.8) is 0 Å². The van der Waals surface area contributed by atoms with E-state index < -0.39 is 18.5 Å². The molecule has 128 valence electrons. The van der Waals surface area contributed by atoms with E-state index in [2.05, 4.69) is 20.9 Å². The van der Waals surface area contributed by atoms with Crippen molar-refractivity contribution in [3.05, 3.63) is 57.2 Å². The van der Waals surface area contributed by atoms with Crippen molar-refractivity contribution >= 4 is 38.3 Å². The van der Waals surface area contributed by atoms with Crippen LogP contribution in [0.2, 0.25) is 0 Å². The normalized spacial score (nSPS) is 16.4. The van der Waals surface area contributed by atoms with Gasteiger partial charge < -0.3 is 9.64 Å². The van der Waals surface area contributed by atoms with Crippen molar-refractivity contribution in [2.75, 3.05) is 18.1 Å². The van der Waals surface area contributed by atoms with Crippen LogP contribution in [0, 0.1) is 5.82 Å². The molecular weight excluding hydrogens is 389 g/mol. The molecule has 0 spiro atoms. The molecule has 1 aliphatic heterocycles. The lowest BCUT2D eigenvalue weighted by atomic mass is 10.2. The smallest absolute Gasteiger partial charge is 0.349 e. The summed E-state index contributed by atoms with van der Waals surface area (Å²) in [6.07, 6.45) is 0.612. The molecule has 0 atom stereocenters. The zero-order chi connectivity index (χ0) is 20.1. The van der Waals surface area contributed by atoms with Gasteiger partial charge >= 0.3 is 5.69 Å². The van der Waals surface area contributed by atoms with E-state index in [4.69, 9.17) is 8.85 Å². The van der Waals surface area contributed by atoms with Gasteiger partial charge in [-0.3, -0.25) is 4.57 Å². The second kappa shape index (κ2) is 6.15. The molecule has 4 rings (SSSR count). The largest absolute Gasteiger partial charge is 0.490 e. The Morgan fingerprint density at radius 3 is 3.00 bits per heavy atom. The Labute approximate surface area is 156 Å². The third-order valence-electron chi connectivity index (χ3n) is 4.11. The highest BCUT2D eigenvalue weighted by Crippen LogP contribution is 2.41. The van der Waals surface area contributed by atoms with Crippen molar-refractivity contribution in [3.8, 4) is 5.75 Å². The number of para-hydroxylation sites is 1. The zero-order valence-electron chi connectivity index (χ0n) is 16.0. The van der Waals surface area contributed by atoms with Gasteiger partial charge in [-0.25, -0.2) is 9.18 Å². The number of halogens is 2. The van der Waals surface area contributed by atoms with Gasteiger partial charge in [0.1, 0.15) is 5.82 Å². The minimum absolute atomic E-state index is 0.0222. The molecule has 0 saturated heterocycles. The van der Waals surface area contributed by atoms with Gasteiger partial charge in [-0.15, -0.1) is 0 Å². The molecule has 0 N–H and O–H groups in total. The molecule has 0 unspecified atom stereocenters. The standard InChI is InChI=1S/C18H15BrFN3O2/c1-22-13-7-3-6-12(20)15(13)17(21-18(22)24)23-9-4-10-25-16-11(19)5-2-8-14(16)23/h2-3,5-8H,4,9-10H2,1H3/i1D3. The van der Waals surface area contributed by atoms with E-state index in [-0.39, 0.29) is 16.7 Å². The number of benzene rings is 2. The zero-order valence-corrected chi connectivity index (χ0v) is 14.6. The summed E-state index contributed by atoms with van der Waals surface area (Å²) < 4.78 is 44.9. The first-order valence-electron chi connectivity index (χ1n) is 9.19. The van der Waals surface area contributed by atoms with Crippen LogP contribution in [-0.4, -0.2) is 22.7 Å². The highest BCUT2D eigenvalue weighted by molar-refractivity contribution is 9.10. The number of hydrogen-bond acceptors (Lipinski definition) is 4. The van der Waals surface area contributed by atoms with Crippen LogP contribution in [0.5, 0.6) is 5.75 Å². The van der Waals surface area contributed by atoms with Gasteiger partial charge in [-0.1, -0.05) is 12.1 Å². The summed E-state index contributed by atoms with van der Waals surface area (Å²) in [5.41, 5.74) is -0.374. The van der Waals surface area contributed by atoms with Crippen molar-refractivity contribution in [1.82, 2.24) is 9.55 Å². The molecule has 0 fully saturated rings. The van der Waals surface area contributed by atoms with Gasteiger partial charge in [0.25, 0.3) is 0 Å². The molecule has 0 radical (unpaired) electrons. The minimum Gasteiger partial charge on any atom is -0.490 e. The van der Waals surface area contributed by atoms with Crippen LogP contribution in [0.25, 0.3) is 10.9 Å². The maximum Gasteiger partial charge on any atom is 0.349 e. The van der Waals surface area contributed by atoms with Crippen molar-refractivity contribution in [2.24, 2.45) is 6.98 Å². The number of ether oxygens (including phenoxy) is 1. The number of hydrogen-bond donors (Lipinski definition) is 0. The maximum atomic E-state index is 14.9. The van der Waals surface area contributed by atoms with E-state index in [0.717, 1.165) is 4.47 Å². The molecule has 7 heteroatoms. The first kappa shape index (κ1) is 12.9. The van der Waals surface area contributed by atoms with Gasteiger partial charge in [-0.2, -0.15) is 4.98 Å². The third-order valence-corrected chi connectivity index (χ3v) is 4.74. The van der Waals surface area contributed by atoms with Crippen LogP contribution < -0.4 is 15.3 Å². The minimum atomic E-state index is -2.78. The van der Waals surface area contributed by atoms with Crippen LogP contribution in [0.15, 0.2) is 45.7 Å². The fraction of sp³-hybridized carbons (Fsp3) is 0.222. The van der Waals surface area contributed by atoms with E-state index in [1.54, 1.807) is 17.0 Å². The summed E-state index contributed by atoms with van der Waals surface area (Å²) >= 11 is 3.45. The summed E-state index contributed by atoms with van der Waals surface area (Å²) in [5.74, 6) is -0.0190. The van der Waals surface area contributed by atoms with E-state index in [9.17, 15) is 9.18 Å². The first-order valence-corrected chi connectivity index (χ1v) is 8.49. The maximum absolute atomic E-state index is 14.9. The Morgan fingerprint density at radius 2 is 2.16 bits per heavy atom. The molecule has 5 nitrogen and oxygen atoms in total. The molecule has 2 heterocycles. The Balaban J connectivity index is 2.07. The van der Waals surface area contributed by atoms with Crippen LogP contribution >= 0.6 is 15.9 Å². The van der Waals surface area contributed by atoms with Gasteiger partial charge in [-0.05, 0) is 46.6 Å². The molecule has 1 aromatic heterocycles. The van der Waals surface area contributed by atoms with Gasteiger partial charge in [0.05, 0.1) is 27.7 Å². The highest BCUT2D eigenvalue weighted by atomic mass is 79.9. The quantitative estimate of drug-likeness (QED) is 0.617. The summed E-state index contributed by atoms with van der Waals surface area (Å²) in [4.78, 5) is 18.3. The number of nitrogens with zero attached hydrogens (tertiary/aromatic N) is 3. The molecule has 0 aliphatic carbocycles. The van der Waals surface area contributed by atoms with E-state index in [1.807, 2.05) is 6.07 Å². The lowest BCUT2D eigenvalue weighted by Gasteiger charge is -2.25. The van der Waals surface area contributed by atoms with Crippen LogP contribution in [0.3, 0.4) is 0 Å². The van der Waals surface area contributed by atoms with E-state index in [0.29, 0.717) is 35.6 Å². The van der Waals surface area contributed by atoms with Gasteiger partial charge in [0, 0.05) is 17.6 Å². The van der Waals surface area contributed by atoms with Gasteiger partial charge in [0.2, 0.25) is 0 Å². The summed E-state index contributed by atoms with van der Waals surface area (Å²) in [6.45, 7) is -1.91. The van der Waals surface area contributed by atoms with E-state index in [1.165, 1.54) is 18.2 Å². The van der Waals surface area contributed by atoms with Crippen LogP contribution in [-0.2, 0) is 6.98 Å². The lowest BCUT2D eigenvalue weighted by Crippen LogP contribution is -2.27. The first-order chi connectivity index (χ1) is 13.3. The lowest BCUT2D eigenvalue weighted by molar-refractivity contribution is 0.321. The topological polar surface area (TPSA) is 47.4 Å². The Morgan fingerprint density at radius 1 is 1.32 bits per heavy atom.